The zero-order chi connectivity index (χ0) is 20.8. The summed E-state index contributed by atoms with van der Waals surface area (Å²) in [5.74, 6) is -1.07. The number of benzene rings is 2. The second-order valence-electron chi connectivity index (χ2n) is 5.59. The van der Waals surface area contributed by atoms with E-state index in [1.807, 2.05) is 0 Å². The lowest BCUT2D eigenvalue weighted by atomic mass is 10.0. The van der Waals surface area contributed by atoms with E-state index in [4.69, 9.17) is 46.3 Å². The molecule has 2 aromatic carbocycles. The van der Waals surface area contributed by atoms with Gasteiger partial charge in [-0.25, -0.2) is 5.01 Å². The molecule has 0 unspecified atom stereocenters. The topological polar surface area (TPSA) is 114 Å². The van der Waals surface area contributed by atoms with Gasteiger partial charge in [-0.1, -0.05) is 40.0 Å². The molecule has 0 saturated carbocycles. The van der Waals surface area contributed by atoms with Gasteiger partial charge in [-0.15, -0.1) is 0 Å². The molecule has 0 bridgehead atoms. The molecule has 0 aliphatic carbocycles. The van der Waals surface area contributed by atoms with E-state index in [-0.39, 0.29) is 33.8 Å². The lowest BCUT2D eigenvalue weighted by molar-refractivity contribution is -0.113. The normalized spacial score (nSPS) is 11.6. The van der Waals surface area contributed by atoms with Gasteiger partial charge in [-0.05, 0) is 42.0 Å². The molecule has 0 aliphatic rings. The van der Waals surface area contributed by atoms with E-state index in [1.165, 1.54) is 12.1 Å². The van der Waals surface area contributed by atoms with E-state index in [0.29, 0.717) is 16.1 Å². The summed E-state index contributed by atoms with van der Waals surface area (Å²) in [7, 11) is 1.44. The molecule has 0 atom stereocenters. The van der Waals surface area contributed by atoms with Crippen molar-refractivity contribution in [3.63, 3.8) is 0 Å². The summed E-state index contributed by atoms with van der Waals surface area (Å²) >= 11 is 18.5. The molecule has 0 saturated heterocycles. The van der Waals surface area contributed by atoms with E-state index in [0.717, 1.165) is 6.08 Å². The van der Waals surface area contributed by atoms with Gasteiger partial charge in [-0.2, -0.15) is 5.11 Å². The highest BCUT2D eigenvalue weighted by Gasteiger charge is 2.19. The second-order valence-corrected chi connectivity index (χ2v) is 6.84. The second kappa shape index (κ2) is 9.54. The van der Waals surface area contributed by atoms with Gasteiger partial charge in [0.1, 0.15) is 5.82 Å². The van der Waals surface area contributed by atoms with Gasteiger partial charge >= 0.3 is 0 Å². The van der Waals surface area contributed by atoms with Gasteiger partial charge in [-0.3, -0.25) is 9.59 Å². The van der Waals surface area contributed by atoms with Crippen LogP contribution in [0.1, 0.15) is 21.5 Å². The predicted molar refractivity (Wildman–Crippen MR) is 109 cm³/mol. The highest BCUT2D eigenvalue weighted by Crippen LogP contribution is 2.30. The number of hydrogen-bond acceptors (Lipinski definition) is 5. The summed E-state index contributed by atoms with van der Waals surface area (Å²) in [6.07, 6.45) is 1.01. The van der Waals surface area contributed by atoms with Crippen LogP contribution < -0.4 is 11.5 Å². The Morgan fingerprint density at radius 3 is 2.14 bits per heavy atom. The number of hydrogen-bond donors (Lipinski definition) is 2. The van der Waals surface area contributed by atoms with Crippen LogP contribution in [0, 0.1) is 0 Å². The average Bonchev–Trinajstić information content (AvgIpc) is 2.60. The molecule has 0 aromatic heterocycles. The van der Waals surface area contributed by atoms with Gasteiger partial charge in [0.2, 0.25) is 5.91 Å². The van der Waals surface area contributed by atoms with Crippen LogP contribution in [0.5, 0.6) is 0 Å². The number of rotatable bonds is 7. The summed E-state index contributed by atoms with van der Waals surface area (Å²) in [5.41, 5.74) is 12.1. The maximum atomic E-state index is 12.7. The van der Waals surface area contributed by atoms with Crippen molar-refractivity contribution in [2.75, 3.05) is 7.05 Å². The Hall–Kier alpha value is -2.61. The van der Waals surface area contributed by atoms with E-state index in [2.05, 4.69) is 10.3 Å². The maximum absolute atomic E-state index is 12.7. The van der Waals surface area contributed by atoms with Crippen LogP contribution in [0.4, 0.5) is 0 Å². The number of carbonyl (C=O) groups is 2. The summed E-state index contributed by atoms with van der Waals surface area (Å²) in [6.45, 7) is 0.0990. The lowest BCUT2D eigenvalue weighted by Crippen LogP contribution is -2.24. The Balaban J connectivity index is 2.35. The molecule has 0 aliphatic heterocycles. The minimum Gasteiger partial charge on any atom is -0.384 e. The van der Waals surface area contributed by atoms with Crippen molar-refractivity contribution >= 4 is 46.5 Å². The fourth-order valence-electron chi connectivity index (χ4n) is 2.36. The van der Waals surface area contributed by atoms with Gasteiger partial charge in [0, 0.05) is 16.7 Å². The first-order valence-corrected chi connectivity index (χ1v) is 8.98. The van der Waals surface area contributed by atoms with Crippen LogP contribution in [0.25, 0.3) is 0 Å². The average molecular weight is 441 g/mol. The number of nitrogens with two attached hydrogens (primary N) is 2. The third-order valence-corrected chi connectivity index (χ3v) is 4.40. The first kappa shape index (κ1) is 21.7. The standard InChI is InChI=1S/C18H16Cl3N5O2/c1-24-25-26(15(22)8-16(23)27)9-10-6-13(20)17(14(21)7-10)18(28)11-2-4-12(19)5-3-11/h2-8H,9,22H2,1H3,(H2,23,27)/b15-8+,25-24?. The number of nitrogens with zero attached hydrogens (tertiary/aromatic N) is 3. The van der Waals surface area contributed by atoms with Crippen molar-refractivity contribution in [2.24, 2.45) is 21.8 Å². The highest BCUT2D eigenvalue weighted by atomic mass is 35.5. The quantitative estimate of drug-likeness (QED) is 0.293. The van der Waals surface area contributed by atoms with Crippen LogP contribution in [-0.4, -0.2) is 23.7 Å². The highest BCUT2D eigenvalue weighted by molar-refractivity contribution is 6.41. The largest absolute Gasteiger partial charge is 0.384 e. The third kappa shape index (κ3) is 5.45. The Bertz CT molecular complexity index is 935. The smallest absolute Gasteiger partial charge is 0.245 e. The molecule has 7 nitrogen and oxygen atoms in total. The van der Waals surface area contributed by atoms with Crippen molar-refractivity contribution in [1.29, 1.82) is 0 Å². The van der Waals surface area contributed by atoms with E-state index in [9.17, 15) is 9.59 Å². The fraction of sp³-hybridized carbons (Fsp3) is 0.111. The van der Waals surface area contributed by atoms with Crippen molar-refractivity contribution in [2.45, 2.75) is 6.54 Å². The maximum Gasteiger partial charge on any atom is 0.245 e. The molecule has 0 radical (unpaired) electrons. The summed E-state index contributed by atoms with van der Waals surface area (Å²) < 4.78 is 0. The van der Waals surface area contributed by atoms with Gasteiger partial charge in [0.15, 0.2) is 5.78 Å². The van der Waals surface area contributed by atoms with Crippen LogP contribution in [-0.2, 0) is 11.3 Å². The Labute approximate surface area is 176 Å². The minimum atomic E-state index is -0.728. The number of primary amides is 1. The monoisotopic (exact) mass is 439 g/mol. The van der Waals surface area contributed by atoms with Crippen LogP contribution in [0.2, 0.25) is 15.1 Å². The van der Waals surface area contributed by atoms with Crippen LogP contribution >= 0.6 is 34.8 Å². The molecule has 28 heavy (non-hydrogen) atoms. The zero-order valence-corrected chi connectivity index (χ0v) is 17.0. The van der Waals surface area contributed by atoms with E-state index < -0.39 is 5.91 Å². The van der Waals surface area contributed by atoms with Crippen LogP contribution in [0.3, 0.4) is 0 Å². The molecule has 146 valence electrons. The number of carbonyl (C=O) groups excluding carboxylic acids is 2. The van der Waals surface area contributed by atoms with Crippen molar-refractivity contribution in [3.05, 3.63) is 80.1 Å². The van der Waals surface area contributed by atoms with Crippen molar-refractivity contribution in [1.82, 2.24) is 5.01 Å². The molecule has 0 heterocycles. The van der Waals surface area contributed by atoms with Gasteiger partial charge in [0.05, 0.1) is 29.2 Å². The molecule has 0 fully saturated rings. The number of halogens is 3. The molecule has 10 heteroatoms. The molecule has 2 aromatic rings. The molecule has 4 N–H and O–H groups in total. The van der Waals surface area contributed by atoms with Gasteiger partial charge < -0.3 is 11.5 Å². The zero-order valence-electron chi connectivity index (χ0n) is 14.7. The summed E-state index contributed by atoms with van der Waals surface area (Å²) in [6, 6.07) is 9.51. The Morgan fingerprint density at radius 1 is 1.07 bits per heavy atom. The lowest BCUT2D eigenvalue weighted by Gasteiger charge is -2.18. The minimum absolute atomic E-state index is 0.00772. The SMILES string of the molecule is CN=NN(Cc1cc(Cl)c(C(=O)c2ccc(Cl)cc2)c(Cl)c1)/C(N)=C/C(N)=O. The van der Waals surface area contributed by atoms with Crippen LogP contribution in [0.15, 0.2) is 58.6 Å². The number of amides is 1. The van der Waals surface area contributed by atoms with Gasteiger partial charge in [0.25, 0.3) is 0 Å². The third-order valence-electron chi connectivity index (χ3n) is 3.55. The fourth-order valence-corrected chi connectivity index (χ4v) is 3.19. The molecular weight excluding hydrogens is 425 g/mol. The summed E-state index contributed by atoms with van der Waals surface area (Å²) in [4.78, 5) is 23.8. The molecular formula is C18H16Cl3N5O2. The van der Waals surface area contributed by atoms with E-state index in [1.54, 1.807) is 36.4 Å². The predicted octanol–water partition coefficient (Wildman–Crippen LogP) is 3.96. The molecule has 0 spiro atoms. The van der Waals surface area contributed by atoms with Crippen molar-refractivity contribution < 1.29 is 9.59 Å². The Morgan fingerprint density at radius 2 is 1.64 bits per heavy atom. The number of ketones is 1. The first-order valence-electron chi connectivity index (χ1n) is 7.85. The summed E-state index contributed by atoms with van der Waals surface area (Å²) in [5, 5.41) is 9.56. The molecule has 2 rings (SSSR count). The first-order chi connectivity index (χ1) is 13.2. The van der Waals surface area contributed by atoms with Crippen molar-refractivity contribution in [3.8, 4) is 0 Å². The molecule has 1 amide bonds. The Kier molecular flexibility index (Phi) is 7.39. The van der Waals surface area contributed by atoms with E-state index >= 15 is 0 Å².